The number of ketones is 1. The molecule has 0 spiro atoms. The van der Waals surface area contributed by atoms with Crippen molar-refractivity contribution in [2.24, 2.45) is 0 Å². The van der Waals surface area contributed by atoms with Gasteiger partial charge in [-0.15, -0.1) is 11.8 Å². The lowest BCUT2D eigenvalue weighted by Crippen LogP contribution is -2.45. The molecule has 0 bridgehead atoms. The van der Waals surface area contributed by atoms with E-state index in [0.717, 1.165) is 22.1 Å². The van der Waals surface area contributed by atoms with Crippen molar-refractivity contribution in [2.45, 2.75) is 44.6 Å². The van der Waals surface area contributed by atoms with Crippen molar-refractivity contribution < 1.29 is 18.7 Å². The minimum atomic E-state index is -0.672. The van der Waals surface area contributed by atoms with Crippen LogP contribution < -0.4 is 5.32 Å². The van der Waals surface area contributed by atoms with E-state index in [1.54, 1.807) is 27.0 Å². The molecule has 30 heavy (non-hydrogen) atoms. The van der Waals surface area contributed by atoms with Crippen LogP contribution in [-0.4, -0.2) is 29.3 Å². The Hall–Kier alpha value is -2.73. The number of alkyl carbamates (subject to hydrolysis) is 1. The Labute approximate surface area is 181 Å². The van der Waals surface area contributed by atoms with Crippen LogP contribution in [0.15, 0.2) is 65.3 Å². The second-order valence-electron chi connectivity index (χ2n) is 8.08. The maximum atomic E-state index is 13.0. The standard InChI is InChI=1S/C24H27NO4S/c1-24(2,3)29-23(27)25-21(22(26)16-30-15-19-11-7-13-28-19)14-18-10-6-9-17-8-4-5-12-20(17)18/h4-13,21H,14-16H2,1-3H3,(H,25,27). The molecule has 0 aliphatic rings. The number of hydrogen-bond donors (Lipinski definition) is 1. The number of fused-ring (bicyclic) bond motifs is 1. The molecule has 1 heterocycles. The second-order valence-corrected chi connectivity index (χ2v) is 9.07. The van der Waals surface area contributed by atoms with E-state index < -0.39 is 17.7 Å². The van der Waals surface area contributed by atoms with Gasteiger partial charge in [-0.25, -0.2) is 4.79 Å². The number of amides is 1. The first-order valence-corrected chi connectivity index (χ1v) is 11.1. The predicted octanol–water partition coefficient (Wildman–Crippen LogP) is 5.37. The number of carbonyl (C=O) groups excluding carboxylic acids is 2. The van der Waals surface area contributed by atoms with Crippen molar-refractivity contribution in [2.75, 3.05) is 5.75 Å². The molecule has 0 radical (unpaired) electrons. The molecule has 158 valence electrons. The molecule has 0 aliphatic heterocycles. The van der Waals surface area contributed by atoms with Crippen LogP contribution in [0.1, 0.15) is 32.1 Å². The summed E-state index contributed by atoms with van der Waals surface area (Å²) in [5.74, 6) is 1.64. The molecular weight excluding hydrogens is 398 g/mol. The number of benzene rings is 2. The lowest BCUT2D eigenvalue weighted by Gasteiger charge is -2.23. The highest BCUT2D eigenvalue weighted by atomic mass is 32.2. The van der Waals surface area contributed by atoms with Gasteiger partial charge in [0.15, 0.2) is 5.78 Å². The highest BCUT2D eigenvalue weighted by molar-refractivity contribution is 7.99. The lowest BCUT2D eigenvalue weighted by atomic mass is 9.97. The number of ether oxygens (including phenoxy) is 1. The molecule has 0 saturated heterocycles. The van der Waals surface area contributed by atoms with Crippen molar-refractivity contribution >= 4 is 34.4 Å². The normalized spacial score (nSPS) is 12.5. The van der Waals surface area contributed by atoms with E-state index in [2.05, 4.69) is 5.32 Å². The van der Waals surface area contributed by atoms with E-state index >= 15 is 0 Å². The second kappa shape index (κ2) is 9.85. The maximum absolute atomic E-state index is 13.0. The van der Waals surface area contributed by atoms with Crippen LogP contribution in [0, 0.1) is 0 Å². The van der Waals surface area contributed by atoms with Gasteiger partial charge in [0, 0.05) is 6.42 Å². The average Bonchev–Trinajstić information content (AvgIpc) is 3.19. The molecule has 1 unspecified atom stereocenters. The first-order chi connectivity index (χ1) is 14.3. The molecular formula is C24H27NO4S. The topological polar surface area (TPSA) is 68.5 Å². The molecule has 1 N–H and O–H groups in total. The Morgan fingerprint density at radius 2 is 1.83 bits per heavy atom. The van der Waals surface area contributed by atoms with Crippen molar-refractivity contribution in [1.82, 2.24) is 5.32 Å². The summed E-state index contributed by atoms with van der Waals surface area (Å²) in [5.41, 5.74) is 0.379. The number of furan rings is 1. The summed E-state index contributed by atoms with van der Waals surface area (Å²) < 4.78 is 10.7. The summed E-state index contributed by atoms with van der Waals surface area (Å²) in [6, 6.07) is 17.1. The largest absolute Gasteiger partial charge is 0.468 e. The Bertz CT molecular complexity index is 987. The first kappa shape index (κ1) is 22.0. The smallest absolute Gasteiger partial charge is 0.408 e. The monoisotopic (exact) mass is 425 g/mol. The lowest BCUT2D eigenvalue weighted by molar-refractivity contribution is -0.118. The van der Waals surface area contributed by atoms with Crippen LogP contribution in [-0.2, 0) is 21.7 Å². The van der Waals surface area contributed by atoms with Crippen molar-refractivity contribution in [3.63, 3.8) is 0 Å². The number of hydrogen-bond acceptors (Lipinski definition) is 5. The minimum Gasteiger partial charge on any atom is -0.468 e. The van der Waals surface area contributed by atoms with Crippen LogP contribution in [0.5, 0.6) is 0 Å². The number of rotatable bonds is 8. The predicted molar refractivity (Wildman–Crippen MR) is 121 cm³/mol. The van der Waals surface area contributed by atoms with E-state index in [-0.39, 0.29) is 11.5 Å². The van der Waals surface area contributed by atoms with Gasteiger partial charge in [-0.3, -0.25) is 4.79 Å². The van der Waals surface area contributed by atoms with Crippen LogP contribution >= 0.6 is 11.8 Å². The SMILES string of the molecule is CC(C)(C)OC(=O)NC(Cc1cccc2ccccc12)C(=O)CSCc1ccco1. The van der Waals surface area contributed by atoms with Crippen LogP contribution in [0.3, 0.4) is 0 Å². The summed E-state index contributed by atoms with van der Waals surface area (Å²) in [5, 5.41) is 4.96. The summed E-state index contributed by atoms with van der Waals surface area (Å²) in [4.78, 5) is 25.4. The van der Waals surface area contributed by atoms with Crippen LogP contribution in [0.4, 0.5) is 4.79 Å². The molecule has 6 heteroatoms. The minimum absolute atomic E-state index is 0.0506. The number of nitrogens with one attached hydrogen (secondary N) is 1. The van der Waals surface area contributed by atoms with Crippen LogP contribution in [0.25, 0.3) is 10.8 Å². The van der Waals surface area contributed by atoms with E-state index in [0.29, 0.717) is 12.2 Å². The highest BCUT2D eigenvalue weighted by Gasteiger charge is 2.25. The fourth-order valence-electron chi connectivity index (χ4n) is 3.13. The van der Waals surface area contributed by atoms with Crippen molar-refractivity contribution in [3.05, 3.63) is 72.2 Å². The van der Waals surface area contributed by atoms with E-state index in [9.17, 15) is 9.59 Å². The third-order valence-corrected chi connectivity index (χ3v) is 5.43. The molecule has 5 nitrogen and oxygen atoms in total. The van der Waals surface area contributed by atoms with Crippen molar-refractivity contribution in [3.8, 4) is 0 Å². The molecule has 3 rings (SSSR count). The van der Waals surface area contributed by atoms with Gasteiger partial charge in [-0.1, -0.05) is 42.5 Å². The molecule has 0 saturated carbocycles. The molecule has 1 amide bonds. The number of carbonyl (C=O) groups is 2. The van der Waals surface area contributed by atoms with Crippen molar-refractivity contribution in [1.29, 1.82) is 0 Å². The number of Topliss-reactive ketones (excluding diaryl/α,β-unsaturated/α-hetero) is 1. The van der Waals surface area contributed by atoms with Gasteiger partial charge in [0.1, 0.15) is 11.4 Å². The van der Waals surface area contributed by atoms with Gasteiger partial charge in [0.05, 0.1) is 23.8 Å². The zero-order valence-corrected chi connectivity index (χ0v) is 18.3. The number of thioether (sulfide) groups is 1. The molecule has 0 fully saturated rings. The summed E-state index contributed by atoms with van der Waals surface area (Å²) >= 11 is 1.47. The zero-order chi connectivity index (χ0) is 21.6. The third-order valence-electron chi connectivity index (χ3n) is 4.45. The van der Waals surface area contributed by atoms with Gasteiger partial charge >= 0.3 is 6.09 Å². The van der Waals surface area contributed by atoms with Gasteiger partial charge in [-0.2, -0.15) is 0 Å². The van der Waals surface area contributed by atoms with E-state index in [1.807, 2.05) is 54.6 Å². The van der Waals surface area contributed by atoms with Gasteiger partial charge in [0.25, 0.3) is 0 Å². The van der Waals surface area contributed by atoms with Gasteiger partial charge in [0.2, 0.25) is 0 Å². The van der Waals surface area contributed by atoms with E-state index in [1.165, 1.54) is 11.8 Å². The Morgan fingerprint density at radius 1 is 1.07 bits per heavy atom. The molecule has 3 aromatic rings. The summed E-state index contributed by atoms with van der Waals surface area (Å²) in [6.07, 6.45) is 1.43. The fraction of sp³-hybridized carbons (Fsp3) is 0.333. The third kappa shape index (κ3) is 6.39. The molecule has 1 atom stereocenters. The Morgan fingerprint density at radius 3 is 2.57 bits per heavy atom. The Kier molecular flexibility index (Phi) is 7.21. The quantitative estimate of drug-likeness (QED) is 0.525. The van der Waals surface area contributed by atoms with Gasteiger partial charge < -0.3 is 14.5 Å². The summed E-state index contributed by atoms with van der Waals surface area (Å²) in [6.45, 7) is 5.40. The molecule has 1 aromatic heterocycles. The molecule has 0 aliphatic carbocycles. The van der Waals surface area contributed by atoms with Crippen LogP contribution in [0.2, 0.25) is 0 Å². The van der Waals surface area contributed by atoms with E-state index in [4.69, 9.17) is 9.15 Å². The fourth-order valence-corrected chi connectivity index (χ4v) is 4.00. The Balaban J connectivity index is 1.74. The zero-order valence-electron chi connectivity index (χ0n) is 17.5. The maximum Gasteiger partial charge on any atom is 0.408 e. The van der Waals surface area contributed by atoms with Gasteiger partial charge in [-0.05, 0) is 49.2 Å². The highest BCUT2D eigenvalue weighted by Crippen LogP contribution is 2.21. The average molecular weight is 426 g/mol. The first-order valence-electron chi connectivity index (χ1n) is 9.91. The molecule has 2 aromatic carbocycles. The summed E-state index contributed by atoms with van der Waals surface area (Å²) in [7, 11) is 0.